The summed E-state index contributed by atoms with van der Waals surface area (Å²) in [6.07, 6.45) is 1.33. The van der Waals surface area contributed by atoms with Crippen LogP contribution in [0.1, 0.15) is 33.6 Å². The normalized spacial score (nSPS) is 18.9. The van der Waals surface area contributed by atoms with Gasteiger partial charge in [0.05, 0.1) is 0 Å². The number of hydrogen-bond acceptors (Lipinski definition) is 3. The van der Waals surface area contributed by atoms with Crippen molar-refractivity contribution in [3.05, 3.63) is 0 Å². The molecule has 5 nitrogen and oxygen atoms in total. The molecule has 0 bridgehead atoms. The van der Waals surface area contributed by atoms with E-state index < -0.39 is 5.41 Å². The number of carbonyl (C=O) groups is 2. The Labute approximate surface area is 115 Å². The Kier molecular flexibility index (Phi) is 7.25. The highest BCUT2D eigenvalue weighted by atomic mass is 35.5. The summed E-state index contributed by atoms with van der Waals surface area (Å²) >= 11 is 0. The molecular formula is C12H24ClN3O2. The largest absolute Gasteiger partial charge is 0.355 e. The lowest BCUT2D eigenvalue weighted by molar-refractivity contribution is -0.128. The van der Waals surface area contributed by atoms with Gasteiger partial charge in [-0.25, -0.2) is 0 Å². The Bertz CT molecular complexity index is 284. The summed E-state index contributed by atoms with van der Waals surface area (Å²) in [5.74, 6) is -0.0132. The lowest BCUT2D eigenvalue weighted by Gasteiger charge is -2.17. The standard InChI is InChI=1S/C12H23N3O2.ClH/c1-12(2,3)11(17)14-7-5-10(16)15-9-4-6-13-8-9;/h9,13H,4-8H2,1-3H3,(H,14,17)(H,15,16);1H. The van der Waals surface area contributed by atoms with Crippen LogP contribution in [-0.2, 0) is 9.59 Å². The smallest absolute Gasteiger partial charge is 0.225 e. The molecule has 1 saturated heterocycles. The van der Waals surface area contributed by atoms with E-state index >= 15 is 0 Å². The summed E-state index contributed by atoms with van der Waals surface area (Å²) in [6.45, 7) is 7.78. The Hall–Kier alpha value is -0.810. The highest BCUT2D eigenvalue weighted by Crippen LogP contribution is 2.12. The van der Waals surface area contributed by atoms with Gasteiger partial charge in [0.2, 0.25) is 11.8 Å². The second-order valence-electron chi connectivity index (χ2n) is 5.51. The molecule has 1 rings (SSSR count). The van der Waals surface area contributed by atoms with Crippen molar-refractivity contribution in [2.45, 2.75) is 39.7 Å². The molecule has 1 aliphatic rings. The molecule has 0 saturated carbocycles. The Morgan fingerprint density at radius 1 is 1.33 bits per heavy atom. The minimum atomic E-state index is -0.397. The zero-order valence-corrected chi connectivity index (χ0v) is 12.2. The minimum absolute atomic E-state index is 0. The van der Waals surface area contributed by atoms with Crippen LogP contribution in [0.2, 0.25) is 0 Å². The minimum Gasteiger partial charge on any atom is -0.355 e. The quantitative estimate of drug-likeness (QED) is 0.698. The van der Waals surface area contributed by atoms with E-state index in [0.717, 1.165) is 19.5 Å². The van der Waals surface area contributed by atoms with Gasteiger partial charge in [-0.3, -0.25) is 9.59 Å². The maximum Gasteiger partial charge on any atom is 0.225 e. The number of nitrogens with one attached hydrogen (secondary N) is 3. The van der Waals surface area contributed by atoms with Crippen molar-refractivity contribution in [3.8, 4) is 0 Å². The summed E-state index contributed by atoms with van der Waals surface area (Å²) in [5, 5.41) is 8.89. The maximum absolute atomic E-state index is 11.5. The van der Waals surface area contributed by atoms with E-state index in [2.05, 4.69) is 16.0 Å². The molecule has 106 valence electrons. The molecule has 1 atom stereocenters. The van der Waals surface area contributed by atoms with Crippen LogP contribution in [0, 0.1) is 5.41 Å². The Balaban J connectivity index is 0.00000289. The highest BCUT2D eigenvalue weighted by Gasteiger charge is 2.21. The van der Waals surface area contributed by atoms with Crippen molar-refractivity contribution >= 4 is 24.2 Å². The average molecular weight is 278 g/mol. The van der Waals surface area contributed by atoms with Crippen molar-refractivity contribution in [3.63, 3.8) is 0 Å². The van der Waals surface area contributed by atoms with Gasteiger partial charge in [-0.15, -0.1) is 12.4 Å². The second-order valence-corrected chi connectivity index (χ2v) is 5.51. The van der Waals surface area contributed by atoms with Crippen LogP contribution in [0.3, 0.4) is 0 Å². The summed E-state index contributed by atoms with van der Waals surface area (Å²) < 4.78 is 0. The lowest BCUT2D eigenvalue weighted by atomic mass is 9.96. The first kappa shape index (κ1) is 17.2. The molecular weight excluding hydrogens is 254 g/mol. The fourth-order valence-electron chi connectivity index (χ4n) is 1.63. The van der Waals surface area contributed by atoms with E-state index in [1.807, 2.05) is 20.8 Å². The summed E-state index contributed by atoms with van der Waals surface area (Å²) in [4.78, 5) is 23.1. The molecule has 3 N–H and O–H groups in total. The topological polar surface area (TPSA) is 70.2 Å². The monoisotopic (exact) mass is 277 g/mol. The predicted molar refractivity (Wildman–Crippen MR) is 73.7 cm³/mol. The lowest BCUT2D eigenvalue weighted by Crippen LogP contribution is -2.40. The third-order valence-corrected chi connectivity index (χ3v) is 2.74. The number of amides is 2. The number of rotatable bonds is 4. The molecule has 18 heavy (non-hydrogen) atoms. The Morgan fingerprint density at radius 3 is 2.50 bits per heavy atom. The van der Waals surface area contributed by atoms with Gasteiger partial charge in [0, 0.05) is 31.0 Å². The first-order chi connectivity index (χ1) is 7.89. The van der Waals surface area contributed by atoms with Crippen LogP contribution in [0.4, 0.5) is 0 Å². The summed E-state index contributed by atoms with van der Waals surface area (Å²) in [7, 11) is 0. The number of carbonyl (C=O) groups excluding carboxylic acids is 2. The van der Waals surface area contributed by atoms with Crippen molar-refractivity contribution in [1.82, 2.24) is 16.0 Å². The van der Waals surface area contributed by atoms with Crippen LogP contribution in [0.15, 0.2) is 0 Å². The van der Waals surface area contributed by atoms with Crippen LogP contribution in [-0.4, -0.2) is 37.5 Å². The molecule has 0 radical (unpaired) electrons. The molecule has 0 aromatic carbocycles. The van der Waals surface area contributed by atoms with Gasteiger partial charge in [0.1, 0.15) is 0 Å². The van der Waals surface area contributed by atoms with Crippen LogP contribution in [0.25, 0.3) is 0 Å². The maximum atomic E-state index is 11.5. The van der Waals surface area contributed by atoms with Gasteiger partial charge in [-0.1, -0.05) is 20.8 Å². The molecule has 1 heterocycles. The molecule has 0 aromatic rings. The van der Waals surface area contributed by atoms with Crippen LogP contribution >= 0.6 is 12.4 Å². The van der Waals surface area contributed by atoms with E-state index in [1.165, 1.54) is 0 Å². The molecule has 6 heteroatoms. The first-order valence-corrected chi connectivity index (χ1v) is 6.18. The zero-order chi connectivity index (χ0) is 12.9. The third kappa shape index (κ3) is 6.21. The third-order valence-electron chi connectivity index (χ3n) is 2.74. The fourth-order valence-corrected chi connectivity index (χ4v) is 1.63. The van der Waals surface area contributed by atoms with Gasteiger partial charge in [0.25, 0.3) is 0 Å². The van der Waals surface area contributed by atoms with Crippen LogP contribution in [0.5, 0.6) is 0 Å². The van der Waals surface area contributed by atoms with E-state index in [-0.39, 0.29) is 30.3 Å². The second kappa shape index (κ2) is 7.59. The van der Waals surface area contributed by atoms with Crippen molar-refractivity contribution < 1.29 is 9.59 Å². The summed E-state index contributed by atoms with van der Waals surface area (Å²) in [5.41, 5.74) is -0.397. The SMILES string of the molecule is CC(C)(C)C(=O)NCCC(=O)NC1CCNC1.Cl. The molecule has 1 fully saturated rings. The zero-order valence-electron chi connectivity index (χ0n) is 11.3. The molecule has 0 aliphatic carbocycles. The van der Waals surface area contributed by atoms with E-state index in [9.17, 15) is 9.59 Å². The van der Waals surface area contributed by atoms with E-state index in [1.54, 1.807) is 0 Å². The predicted octanol–water partition coefficient (Wildman–Crippen LogP) is 0.439. The number of halogens is 1. The van der Waals surface area contributed by atoms with Gasteiger partial charge in [-0.2, -0.15) is 0 Å². The molecule has 0 spiro atoms. The van der Waals surface area contributed by atoms with Crippen molar-refractivity contribution in [2.24, 2.45) is 5.41 Å². The van der Waals surface area contributed by atoms with Gasteiger partial charge in [-0.05, 0) is 13.0 Å². The van der Waals surface area contributed by atoms with E-state index in [0.29, 0.717) is 13.0 Å². The molecule has 0 aromatic heterocycles. The molecule has 1 unspecified atom stereocenters. The molecule has 2 amide bonds. The highest BCUT2D eigenvalue weighted by molar-refractivity contribution is 5.85. The van der Waals surface area contributed by atoms with Gasteiger partial charge >= 0.3 is 0 Å². The average Bonchev–Trinajstić information content (AvgIpc) is 2.68. The van der Waals surface area contributed by atoms with Gasteiger partial charge in [0.15, 0.2) is 0 Å². The van der Waals surface area contributed by atoms with Crippen molar-refractivity contribution in [1.29, 1.82) is 0 Å². The fraction of sp³-hybridized carbons (Fsp3) is 0.833. The van der Waals surface area contributed by atoms with Gasteiger partial charge < -0.3 is 16.0 Å². The number of hydrogen-bond donors (Lipinski definition) is 3. The van der Waals surface area contributed by atoms with E-state index in [4.69, 9.17) is 0 Å². The Morgan fingerprint density at radius 2 is 2.00 bits per heavy atom. The van der Waals surface area contributed by atoms with Crippen molar-refractivity contribution in [2.75, 3.05) is 19.6 Å². The first-order valence-electron chi connectivity index (χ1n) is 6.18. The van der Waals surface area contributed by atoms with Crippen LogP contribution < -0.4 is 16.0 Å². The summed E-state index contributed by atoms with van der Waals surface area (Å²) in [6, 6.07) is 0.251. The molecule has 1 aliphatic heterocycles.